The van der Waals surface area contributed by atoms with Crippen molar-refractivity contribution in [2.75, 3.05) is 5.32 Å². The van der Waals surface area contributed by atoms with Crippen molar-refractivity contribution in [3.63, 3.8) is 0 Å². The first-order chi connectivity index (χ1) is 8.35. The number of rotatable bonds is 4. The van der Waals surface area contributed by atoms with Crippen LogP contribution in [0.3, 0.4) is 0 Å². The molecular formula is C15H20N2O. The summed E-state index contributed by atoms with van der Waals surface area (Å²) in [6, 6.07) is 7.67. The van der Waals surface area contributed by atoms with E-state index in [1.54, 1.807) is 19.9 Å². The number of amides is 1. The second-order valence-electron chi connectivity index (χ2n) is 5.07. The van der Waals surface area contributed by atoms with E-state index >= 15 is 0 Å². The Bertz CT molecular complexity index is 470. The molecule has 0 bridgehead atoms. The number of hydrogen-bond donors (Lipinski definition) is 2. The van der Waals surface area contributed by atoms with Gasteiger partial charge in [0.1, 0.15) is 0 Å². The van der Waals surface area contributed by atoms with Crippen LogP contribution in [0.25, 0.3) is 0 Å². The first-order valence-corrected chi connectivity index (χ1v) is 6.01. The van der Waals surface area contributed by atoms with Gasteiger partial charge in [0.05, 0.1) is 11.1 Å². The second kappa shape index (κ2) is 5.59. The zero-order valence-electron chi connectivity index (χ0n) is 11.4. The molecule has 0 aliphatic rings. The lowest BCUT2D eigenvalue weighted by molar-refractivity contribution is 0.0930. The quantitative estimate of drug-likeness (QED) is 0.799. The maximum atomic E-state index is 12.2. The molecule has 0 radical (unpaired) electrons. The molecule has 1 rings (SSSR count). The van der Waals surface area contributed by atoms with Crippen LogP contribution in [0.2, 0.25) is 0 Å². The lowest BCUT2D eigenvalue weighted by atomic mass is 10.1. The number of nitrogens with one attached hydrogen (secondary N) is 2. The molecule has 3 nitrogen and oxygen atoms in total. The molecule has 96 valence electrons. The van der Waals surface area contributed by atoms with E-state index in [0.717, 1.165) is 5.69 Å². The van der Waals surface area contributed by atoms with Crippen LogP contribution < -0.4 is 10.6 Å². The van der Waals surface area contributed by atoms with Crippen molar-refractivity contribution in [3.05, 3.63) is 29.8 Å². The normalized spacial score (nSPS) is 10.9. The molecule has 0 aromatic heterocycles. The highest BCUT2D eigenvalue weighted by Crippen LogP contribution is 2.17. The maximum absolute atomic E-state index is 12.2. The Morgan fingerprint density at radius 2 is 1.94 bits per heavy atom. The molecule has 0 saturated carbocycles. The third kappa shape index (κ3) is 3.81. The summed E-state index contributed by atoms with van der Waals surface area (Å²) in [6.07, 6.45) is 5.37. The lowest BCUT2D eigenvalue weighted by Gasteiger charge is -2.21. The fraction of sp³-hybridized carbons (Fsp3) is 0.400. The monoisotopic (exact) mass is 244 g/mol. The summed E-state index contributed by atoms with van der Waals surface area (Å²) in [6.45, 7) is 7.65. The van der Waals surface area contributed by atoms with Crippen molar-refractivity contribution in [2.45, 2.75) is 39.3 Å². The fourth-order valence-corrected chi connectivity index (χ4v) is 1.51. The average Bonchev–Trinajstić information content (AvgIpc) is 2.28. The zero-order valence-corrected chi connectivity index (χ0v) is 11.4. The van der Waals surface area contributed by atoms with E-state index in [1.807, 2.05) is 32.0 Å². The van der Waals surface area contributed by atoms with Crippen LogP contribution in [0.1, 0.15) is 38.1 Å². The zero-order chi connectivity index (χ0) is 13.8. The second-order valence-corrected chi connectivity index (χ2v) is 5.07. The number of hydrogen-bond acceptors (Lipinski definition) is 2. The summed E-state index contributed by atoms with van der Waals surface area (Å²) in [5, 5.41) is 6.07. The van der Waals surface area contributed by atoms with Crippen molar-refractivity contribution >= 4 is 11.6 Å². The molecule has 0 atom stereocenters. The van der Waals surface area contributed by atoms with Gasteiger partial charge in [0.25, 0.3) is 5.91 Å². The Morgan fingerprint density at radius 1 is 1.33 bits per heavy atom. The van der Waals surface area contributed by atoms with Crippen molar-refractivity contribution in [1.29, 1.82) is 0 Å². The minimum atomic E-state index is -0.651. The van der Waals surface area contributed by atoms with E-state index in [-0.39, 0.29) is 11.9 Å². The van der Waals surface area contributed by atoms with Crippen molar-refractivity contribution in [3.8, 4) is 12.3 Å². The van der Waals surface area contributed by atoms with Crippen LogP contribution in [0.5, 0.6) is 0 Å². The van der Waals surface area contributed by atoms with Gasteiger partial charge in [0.2, 0.25) is 0 Å². The molecule has 3 heteroatoms. The van der Waals surface area contributed by atoms with Crippen LogP contribution in [-0.4, -0.2) is 17.5 Å². The molecule has 0 spiro atoms. The number of terminal acetylenes is 1. The maximum Gasteiger partial charge on any atom is 0.254 e. The predicted octanol–water partition coefficient (Wildman–Crippen LogP) is 2.65. The molecule has 0 saturated heterocycles. The first-order valence-electron chi connectivity index (χ1n) is 6.01. The average molecular weight is 244 g/mol. The SMILES string of the molecule is C#CC(C)(C)NC(=O)c1ccccc1NC(C)C. The highest BCUT2D eigenvalue weighted by molar-refractivity contribution is 6.00. The standard InChI is InChI=1S/C15H20N2O/c1-6-15(4,5)17-14(18)12-9-7-8-10-13(12)16-11(2)3/h1,7-11,16H,2-5H3,(H,17,18). The van der Waals surface area contributed by atoms with E-state index in [4.69, 9.17) is 6.42 Å². The van der Waals surface area contributed by atoms with Crippen LogP contribution >= 0.6 is 0 Å². The van der Waals surface area contributed by atoms with Crippen LogP contribution in [0.15, 0.2) is 24.3 Å². The summed E-state index contributed by atoms with van der Waals surface area (Å²) in [4.78, 5) is 12.2. The van der Waals surface area contributed by atoms with Crippen molar-refractivity contribution in [1.82, 2.24) is 5.32 Å². The molecule has 0 heterocycles. The number of benzene rings is 1. The van der Waals surface area contributed by atoms with Gasteiger partial charge in [-0.05, 0) is 39.8 Å². The van der Waals surface area contributed by atoms with Gasteiger partial charge >= 0.3 is 0 Å². The van der Waals surface area contributed by atoms with E-state index in [1.165, 1.54) is 0 Å². The van der Waals surface area contributed by atoms with Gasteiger partial charge in [-0.2, -0.15) is 0 Å². The Kier molecular flexibility index (Phi) is 4.38. The van der Waals surface area contributed by atoms with Gasteiger partial charge in [0.15, 0.2) is 0 Å². The third-order valence-corrected chi connectivity index (χ3v) is 2.40. The van der Waals surface area contributed by atoms with Gasteiger partial charge in [-0.25, -0.2) is 0 Å². The topological polar surface area (TPSA) is 41.1 Å². The molecule has 1 amide bonds. The predicted molar refractivity (Wildman–Crippen MR) is 75.6 cm³/mol. The largest absolute Gasteiger partial charge is 0.382 e. The first kappa shape index (κ1) is 14.1. The Labute approximate surface area is 109 Å². The smallest absolute Gasteiger partial charge is 0.254 e. The minimum Gasteiger partial charge on any atom is -0.382 e. The molecule has 0 aliphatic carbocycles. The van der Waals surface area contributed by atoms with Crippen molar-refractivity contribution in [2.24, 2.45) is 0 Å². The van der Waals surface area contributed by atoms with Crippen LogP contribution in [0, 0.1) is 12.3 Å². The molecule has 0 fully saturated rings. The summed E-state index contributed by atoms with van der Waals surface area (Å²) in [7, 11) is 0. The molecule has 2 N–H and O–H groups in total. The Morgan fingerprint density at radius 3 is 2.50 bits per heavy atom. The number of carbonyl (C=O) groups is 1. The summed E-state index contributed by atoms with van der Waals surface area (Å²) in [5.41, 5.74) is 0.773. The van der Waals surface area contributed by atoms with E-state index < -0.39 is 5.54 Å². The summed E-state index contributed by atoms with van der Waals surface area (Å²) >= 11 is 0. The molecule has 18 heavy (non-hydrogen) atoms. The summed E-state index contributed by atoms with van der Waals surface area (Å²) in [5.74, 6) is 2.38. The number of carbonyl (C=O) groups excluding carboxylic acids is 1. The Hall–Kier alpha value is -1.95. The van der Waals surface area contributed by atoms with E-state index in [2.05, 4.69) is 16.6 Å². The minimum absolute atomic E-state index is 0.165. The van der Waals surface area contributed by atoms with Crippen molar-refractivity contribution < 1.29 is 4.79 Å². The molecular weight excluding hydrogens is 224 g/mol. The van der Waals surface area contributed by atoms with E-state index in [9.17, 15) is 4.79 Å². The highest BCUT2D eigenvalue weighted by atomic mass is 16.1. The van der Waals surface area contributed by atoms with Gasteiger partial charge in [-0.3, -0.25) is 4.79 Å². The van der Waals surface area contributed by atoms with Gasteiger partial charge < -0.3 is 10.6 Å². The third-order valence-electron chi connectivity index (χ3n) is 2.40. The molecule has 1 aromatic rings. The van der Waals surface area contributed by atoms with Gasteiger partial charge in [-0.1, -0.05) is 18.1 Å². The van der Waals surface area contributed by atoms with E-state index in [0.29, 0.717) is 5.56 Å². The Balaban J connectivity index is 2.96. The molecule has 0 aliphatic heterocycles. The fourth-order valence-electron chi connectivity index (χ4n) is 1.51. The van der Waals surface area contributed by atoms with Crippen LogP contribution in [-0.2, 0) is 0 Å². The highest BCUT2D eigenvalue weighted by Gasteiger charge is 2.19. The summed E-state index contributed by atoms with van der Waals surface area (Å²) < 4.78 is 0. The number of para-hydroxylation sites is 1. The van der Waals surface area contributed by atoms with Gasteiger partial charge in [-0.15, -0.1) is 6.42 Å². The lowest BCUT2D eigenvalue weighted by Crippen LogP contribution is -2.42. The van der Waals surface area contributed by atoms with Crippen LogP contribution in [0.4, 0.5) is 5.69 Å². The van der Waals surface area contributed by atoms with Gasteiger partial charge in [0, 0.05) is 11.7 Å². The number of anilines is 1. The molecule has 0 unspecified atom stereocenters. The molecule has 1 aromatic carbocycles.